The van der Waals surface area contributed by atoms with Crippen molar-refractivity contribution in [1.82, 2.24) is 15.2 Å². The van der Waals surface area contributed by atoms with Gasteiger partial charge >= 0.3 is 0 Å². The molecule has 0 radical (unpaired) electrons. The zero-order valence-electron chi connectivity index (χ0n) is 13.0. The normalized spacial score (nSPS) is 19.7. The molecule has 0 aliphatic carbocycles. The van der Waals surface area contributed by atoms with Crippen molar-refractivity contribution in [2.45, 2.75) is 44.8 Å². The Balaban J connectivity index is 2.24. The van der Waals surface area contributed by atoms with Crippen molar-refractivity contribution in [2.75, 3.05) is 19.8 Å². The topological polar surface area (TPSA) is 74.3 Å². The number of ether oxygens (including phenoxy) is 2. The van der Waals surface area contributed by atoms with Gasteiger partial charge in [-0.2, -0.15) is 5.10 Å². The molecule has 0 amide bonds. The van der Waals surface area contributed by atoms with Crippen molar-refractivity contribution in [3.8, 4) is 0 Å². The Labute approximate surface area is 130 Å². The number of aromatic nitrogens is 2. The van der Waals surface area contributed by atoms with Crippen LogP contribution in [0.1, 0.15) is 31.0 Å². The molecule has 0 spiro atoms. The fraction of sp³-hybridized carbons (Fsp3) is 0.786. The summed E-state index contributed by atoms with van der Waals surface area (Å²) in [4.78, 5) is 0. The lowest BCUT2D eigenvalue weighted by atomic mass is 9.83. The maximum absolute atomic E-state index is 6.34. The third-order valence-electron chi connectivity index (χ3n) is 4.29. The van der Waals surface area contributed by atoms with Crippen LogP contribution in [0.3, 0.4) is 0 Å². The van der Waals surface area contributed by atoms with Gasteiger partial charge in [-0.05, 0) is 20.3 Å². The highest BCUT2D eigenvalue weighted by Crippen LogP contribution is 2.32. The summed E-state index contributed by atoms with van der Waals surface area (Å²) in [6.45, 7) is 6.01. The number of nitrogens with one attached hydrogen (secondary N) is 1. The molecule has 2 heterocycles. The molecular formula is C14H25ClN4O2. The van der Waals surface area contributed by atoms with Gasteiger partial charge in [0.05, 0.1) is 17.3 Å². The molecule has 1 fully saturated rings. The average molecular weight is 317 g/mol. The Kier molecular flexibility index (Phi) is 5.62. The number of hydrogen-bond acceptors (Lipinski definition) is 5. The highest BCUT2D eigenvalue weighted by atomic mass is 35.5. The Bertz CT molecular complexity index is 466. The standard InChI is InChI=1S/C14H25ClN4O2/c1-4-21-14(5-7-20-8-6-14)12(17-16)9-11-10(2)18-19(3)13(11)15/h12,17H,4-9,16H2,1-3H3. The summed E-state index contributed by atoms with van der Waals surface area (Å²) in [5.41, 5.74) is 4.57. The van der Waals surface area contributed by atoms with E-state index in [0.29, 0.717) is 31.4 Å². The number of halogens is 1. The van der Waals surface area contributed by atoms with E-state index >= 15 is 0 Å². The SMILES string of the molecule is CCOC1(C(Cc2c(C)nn(C)c2Cl)NN)CCOCC1. The van der Waals surface area contributed by atoms with Gasteiger partial charge in [0.1, 0.15) is 5.15 Å². The van der Waals surface area contributed by atoms with Crippen LogP contribution in [0.2, 0.25) is 5.15 Å². The lowest BCUT2D eigenvalue weighted by Crippen LogP contribution is -2.58. The zero-order valence-corrected chi connectivity index (χ0v) is 13.7. The minimum Gasteiger partial charge on any atom is -0.381 e. The summed E-state index contributed by atoms with van der Waals surface area (Å²) in [7, 11) is 1.84. The average Bonchev–Trinajstić information content (AvgIpc) is 2.71. The molecule has 0 saturated carbocycles. The van der Waals surface area contributed by atoms with Gasteiger partial charge in [-0.25, -0.2) is 0 Å². The lowest BCUT2D eigenvalue weighted by molar-refractivity contribution is -0.126. The van der Waals surface area contributed by atoms with Gasteiger partial charge < -0.3 is 9.47 Å². The van der Waals surface area contributed by atoms with Gasteiger partial charge in [-0.15, -0.1) is 0 Å². The quantitative estimate of drug-likeness (QED) is 0.612. The van der Waals surface area contributed by atoms with Crippen molar-refractivity contribution >= 4 is 11.6 Å². The van der Waals surface area contributed by atoms with Gasteiger partial charge in [-0.1, -0.05) is 11.6 Å². The van der Waals surface area contributed by atoms with Gasteiger partial charge in [-0.3, -0.25) is 16.0 Å². The highest BCUT2D eigenvalue weighted by molar-refractivity contribution is 6.30. The first-order valence-corrected chi connectivity index (χ1v) is 7.77. The molecule has 1 saturated heterocycles. The van der Waals surface area contributed by atoms with Crippen molar-refractivity contribution in [3.05, 3.63) is 16.4 Å². The third-order valence-corrected chi connectivity index (χ3v) is 4.76. The fourth-order valence-electron chi connectivity index (χ4n) is 3.10. The van der Waals surface area contributed by atoms with Crippen LogP contribution < -0.4 is 11.3 Å². The van der Waals surface area contributed by atoms with E-state index in [0.717, 1.165) is 24.1 Å². The molecule has 0 aromatic carbocycles. The Morgan fingerprint density at radius 1 is 1.52 bits per heavy atom. The highest BCUT2D eigenvalue weighted by Gasteiger charge is 2.41. The first-order valence-electron chi connectivity index (χ1n) is 7.40. The molecule has 2 rings (SSSR count). The van der Waals surface area contributed by atoms with E-state index in [1.54, 1.807) is 4.68 Å². The summed E-state index contributed by atoms with van der Waals surface area (Å²) in [5.74, 6) is 5.83. The second kappa shape index (κ2) is 7.07. The molecule has 3 N–H and O–H groups in total. The van der Waals surface area contributed by atoms with Crippen molar-refractivity contribution in [2.24, 2.45) is 12.9 Å². The smallest absolute Gasteiger partial charge is 0.130 e. The summed E-state index contributed by atoms with van der Waals surface area (Å²) < 4.78 is 13.3. The van der Waals surface area contributed by atoms with Crippen LogP contribution in [0.15, 0.2) is 0 Å². The van der Waals surface area contributed by atoms with E-state index < -0.39 is 0 Å². The maximum Gasteiger partial charge on any atom is 0.130 e. The van der Waals surface area contributed by atoms with Gasteiger partial charge in [0.25, 0.3) is 0 Å². The van der Waals surface area contributed by atoms with Crippen LogP contribution in [0.25, 0.3) is 0 Å². The lowest BCUT2D eigenvalue weighted by Gasteiger charge is -2.42. The van der Waals surface area contributed by atoms with Crippen molar-refractivity contribution in [1.29, 1.82) is 0 Å². The summed E-state index contributed by atoms with van der Waals surface area (Å²) in [6, 6.07) is -0.0262. The van der Waals surface area contributed by atoms with E-state index in [9.17, 15) is 0 Å². The minimum absolute atomic E-state index is 0.0262. The van der Waals surface area contributed by atoms with E-state index in [2.05, 4.69) is 10.5 Å². The predicted molar refractivity (Wildman–Crippen MR) is 82.2 cm³/mol. The molecule has 1 atom stereocenters. The monoisotopic (exact) mass is 316 g/mol. The van der Waals surface area contributed by atoms with E-state index in [-0.39, 0.29) is 11.6 Å². The molecule has 1 aliphatic rings. The molecule has 1 aliphatic heterocycles. The summed E-state index contributed by atoms with van der Waals surface area (Å²) in [6.07, 6.45) is 2.34. The number of aryl methyl sites for hydroxylation is 2. The second-order valence-electron chi connectivity index (χ2n) is 5.51. The molecule has 6 nitrogen and oxygen atoms in total. The Morgan fingerprint density at radius 2 is 2.19 bits per heavy atom. The van der Waals surface area contributed by atoms with E-state index in [1.807, 2.05) is 20.9 Å². The van der Waals surface area contributed by atoms with Crippen LogP contribution in [0.5, 0.6) is 0 Å². The predicted octanol–water partition coefficient (Wildman–Crippen LogP) is 1.34. The first kappa shape index (κ1) is 16.7. The van der Waals surface area contributed by atoms with Crippen LogP contribution in [0.4, 0.5) is 0 Å². The summed E-state index contributed by atoms with van der Waals surface area (Å²) in [5, 5.41) is 5.02. The number of hydrogen-bond donors (Lipinski definition) is 2. The molecule has 1 aromatic heterocycles. The zero-order chi connectivity index (χ0) is 15.5. The number of nitrogens with two attached hydrogens (primary N) is 1. The van der Waals surface area contributed by atoms with Crippen LogP contribution in [-0.2, 0) is 22.9 Å². The van der Waals surface area contributed by atoms with Crippen molar-refractivity contribution < 1.29 is 9.47 Å². The molecule has 1 unspecified atom stereocenters. The van der Waals surface area contributed by atoms with Crippen LogP contribution >= 0.6 is 11.6 Å². The van der Waals surface area contributed by atoms with Crippen molar-refractivity contribution in [3.63, 3.8) is 0 Å². The number of hydrazine groups is 1. The maximum atomic E-state index is 6.34. The molecule has 7 heteroatoms. The molecule has 21 heavy (non-hydrogen) atoms. The molecule has 0 bridgehead atoms. The molecule has 1 aromatic rings. The van der Waals surface area contributed by atoms with E-state index in [4.69, 9.17) is 26.9 Å². The molecular weight excluding hydrogens is 292 g/mol. The fourth-order valence-corrected chi connectivity index (χ4v) is 3.36. The van der Waals surface area contributed by atoms with Gasteiger partial charge in [0, 0.05) is 45.3 Å². The minimum atomic E-state index is -0.312. The van der Waals surface area contributed by atoms with Gasteiger partial charge in [0.2, 0.25) is 0 Å². The van der Waals surface area contributed by atoms with E-state index in [1.165, 1.54) is 0 Å². The summed E-state index contributed by atoms with van der Waals surface area (Å²) >= 11 is 6.34. The number of rotatable bonds is 6. The van der Waals surface area contributed by atoms with Gasteiger partial charge in [0.15, 0.2) is 0 Å². The number of nitrogens with zero attached hydrogens (tertiary/aromatic N) is 2. The van der Waals surface area contributed by atoms with Crippen LogP contribution in [0, 0.1) is 6.92 Å². The third kappa shape index (κ3) is 3.40. The largest absolute Gasteiger partial charge is 0.381 e. The first-order chi connectivity index (χ1) is 10.0. The molecule has 120 valence electrons. The Hall–Kier alpha value is -0.660. The second-order valence-corrected chi connectivity index (χ2v) is 5.87. The Morgan fingerprint density at radius 3 is 2.67 bits per heavy atom. The van der Waals surface area contributed by atoms with Crippen LogP contribution in [-0.4, -0.2) is 41.2 Å².